The summed E-state index contributed by atoms with van der Waals surface area (Å²) in [4.78, 5) is 35.9. The molecule has 4 N–H and O–H groups in total. The van der Waals surface area contributed by atoms with Crippen molar-refractivity contribution in [3.05, 3.63) is 12.2 Å². The molecule has 0 spiro atoms. The van der Waals surface area contributed by atoms with Gasteiger partial charge in [-0.2, -0.15) is 0 Å². The molecule has 13 nitrogen and oxygen atoms in total. The highest BCUT2D eigenvalue weighted by molar-refractivity contribution is 5.69. The van der Waals surface area contributed by atoms with Crippen molar-refractivity contribution < 1.29 is 63.2 Å². The third-order valence-electron chi connectivity index (χ3n) is 9.28. The molecule has 2 fully saturated rings. The average molecular weight is 687 g/mol. The normalized spacial score (nSPS) is 37.8. The summed E-state index contributed by atoms with van der Waals surface area (Å²) >= 11 is 0. The lowest BCUT2D eigenvalue weighted by Gasteiger charge is -2.47. The number of esters is 3. The van der Waals surface area contributed by atoms with Gasteiger partial charge in [0.15, 0.2) is 12.4 Å². The third-order valence-corrected chi connectivity index (χ3v) is 9.28. The van der Waals surface area contributed by atoms with E-state index in [1.54, 1.807) is 0 Å². The van der Waals surface area contributed by atoms with E-state index in [2.05, 4.69) is 12.2 Å². The molecule has 3 heterocycles. The minimum atomic E-state index is -1.73. The van der Waals surface area contributed by atoms with Crippen molar-refractivity contribution in [1.29, 1.82) is 0 Å². The fraction of sp³-hybridized carbons (Fsp3) is 0.857. The standard InChI is InChI=1S/C35H58O13/c1-22-17-15-13-11-9-7-5-4-6-8-10-12-14-16-18-28(38)47-34-27(21-44-24(3)37)46-35(32(42)31(34)41)48-33-26(45-22)19-25(20-43-23(2)36)29(39)30(33)40/h4-5,22,25-27,29-35,39-42H,6-21H2,1-3H3/b5-4-/t22?,25-,26?,27-,29-,30+,31-,32-,33?,34-,35?/m1/s1. The van der Waals surface area contributed by atoms with Gasteiger partial charge >= 0.3 is 17.9 Å². The number of ether oxygens (including phenoxy) is 6. The van der Waals surface area contributed by atoms with Crippen LogP contribution in [0.3, 0.4) is 0 Å². The van der Waals surface area contributed by atoms with E-state index in [4.69, 9.17) is 28.4 Å². The fourth-order valence-electron chi connectivity index (χ4n) is 6.53. The minimum Gasteiger partial charge on any atom is -0.465 e. The lowest BCUT2D eigenvalue weighted by molar-refractivity contribution is -0.336. The van der Waals surface area contributed by atoms with Crippen molar-refractivity contribution in [2.75, 3.05) is 13.2 Å². The van der Waals surface area contributed by atoms with Gasteiger partial charge < -0.3 is 48.8 Å². The number of rotatable bonds is 4. The fourth-order valence-corrected chi connectivity index (χ4v) is 6.53. The van der Waals surface area contributed by atoms with Crippen molar-refractivity contribution in [2.45, 2.75) is 172 Å². The molecule has 4 unspecified atom stereocenters. The molecule has 2 bridgehead atoms. The predicted octanol–water partition coefficient (Wildman–Crippen LogP) is 3.01. The molecule has 1 saturated heterocycles. The smallest absolute Gasteiger partial charge is 0.306 e. The Balaban J connectivity index is 1.81. The van der Waals surface area contributed by atoms with E-state index in [0.717, 1.165) is 70.6 Å². The Morgan fingerprint density at radius 3 is 1.98 bits per heavy atom. The molecule has 48 heavy (non-hydrogen) atoms. The summed E-state index contributed by atoms with van der Waals surface area (Å²) in [6, 6.07) is 0. The molecule has 4 rings (SSSR count). The van der Waals surface area contributed by atoms with Crippen molar-refractivity contribution in [1.82, 2.24) is 0 Å². The molecular weight excluding hydrogens is 628 g/mol. The van der Waals surface area contributed by atoms with Gasteiger partial charge in [0.05, 0.1) is 24.9 Å². The van der Waals surface area contributed by atoms with E-state index in [1.165, 1.54) is 13.8 Å². The van der Waals surface area contributed by atoms with Gasteiger partial charge in [-0.1, -0.05) is 50.7 Å². The van der Waals surface area contributed by atoms with Gasteiger partial charge in [-0.25, -0.2) is 0 Å². The van der Waals surface area contributed by atoms with Crippen molar-refractivity contribution in [3.63, 3.8) is 0 Å². The zero-order valence-electron chi connectivity index (χ0n) is 28.8. The molecule has 13 heteroatoms. The van der Waals surface area contributed by atoms with Gasteiger partial charge in [-0.05, 0) is 51.9 Å². The Hall–Kier alpha value is -2.13. The number of carbonyl (C=O) groups excluding carboxylic acids is 3. The van der Waals surface area contributed by atoms with Crippen LogP contribution in [0.5, 0.6) is 0 Å². The molecule has 3 aliphatic heterocycles. The summed E-state index contributed by atoms with van der Waals surface area (Å²) < 4.78 is 34.2. The van der Waals surface area contributed by atoms with Gasteiger partial charge in [0, 0.05) is 26.2 Å². The van der Waals surface area contributed by atoms with Crippen LogP contribution in [0.2, 0.25) is 0 Å². The maximum absolute atomic E-state index is 12.8. The first kappa shape index (κ1) is 40.3. The van der Waals surface area contributed by atoms with Crippen LogP contribution in [-0.4, -0.2) is 113 Å². The lowest BCUT2D eigenvalue weighted by atomic mass is 9.80. The van der Waals surface area contributed by atoms with Crippen molar-refractivity contribution in [2.24, 2.45) is 5.92 Å². The SMILES string of the molecule is CC(=O)OC[C@H]1CC2OC(C)CCCCCC/C=C\CCCCCCCC(=O)O[C@H]3[C@H](O)[C@@H](O)C(OC2[C@@H](O)[C@@H]1O)O[C@@H]3COC(C)=O. The summed E-state index contributed by atoms with van der Waals surface area (Å²) in [6.45, 7) is 3.83. The summed E-state index contributed by atoms with van der Waals surface area (Å²) in [5, 5.41) is 44.5. The largest absolute Gasteiger partial charge is 0.465 e. The van der Waals surface area contributed by atoms with Gasteiger partial charge in [0.2, 0.25) is 0 Å². The topological polar surface area (TPSA) is 188 Å². The van der Waals surface area contributed by atoms with E-state index in [-0.39, 0.29) is 25.6 Å². The van der Waals surface area contributed by atoms with Crippen molar-refractivity contribution >= 4 is 17.9 Å². The highest BCUT2D eigenvalue weighted by atomic mass is 16.7. The number of aliphatic hydroxyl groups excluding tert-OH is 4. The highest BCUT2D eigenvalue weighted by Gasteiger charge is 2.52. The van der Waals surface area contributed by atoms with Gasteiger partial charge in [0.1, 0.15) is 37.1 Å². The zero-order chi connectivity index (χ0) is 35.1. The summed E-state index contributed by atoms with van der Waals surface area (Å²) in [5.74, 6) is -2.40. The molecule has 0 aromatic heterocycles. The molecule has 4 aliphatic rings. The van der Waals surface area contributed by atoms with Crippen LogP contribution in [0, 0.1) is 5.92 Å². The first-order chi connectivity index (χ1) is 23.0. The number of fused-ring (bicyclic) bond motifs is 19. The number of allylic oxidation sites excluding steroid dienone is 2. The molecule has 0 aromatic rings. The van der Waals surface area contributed by atoms with E-state index < -0.39 is 85.6 Å². The molecule has 276 valence electrons. The van der Waals surface area contributed by atoms with Gasteiger partial charge in [-0.15, -0.1) is 0 Å². The molecular formula is C35H58O13. The number of hydrogen-bond donors (Lipinski definition) is 4. The summed E-state index contributed by atoms with van der Waals surface area (Å²) in [6.07, 6.45) is 3.61. The minimum absolute atomic E-state index is 0.108. The Kier molecular flexibility index (Phi) is 17.8. The number of hydrogen-bond acceptors (Lipinski definition) is 13. The van der Waals surface area contributed by atoms with Crippen LogP contribution < -0.4 is 0 Å². The van der Waals surface area contributed by atoms with Crippen LogP contribution in [0.15, 0.2) is 12.2 Å². The maximum Gasteiger partial charge on any atom is 0.306 e. The van der Waals surface area contributed by atoms with Crippen LogP contribution in [0.1, 0.15) is 111 Å². The average Bonchev–Trinajstić information content (AvgIpc) is 3.03. The monoisotopic (exact) mass is 686 g/mol. The summed E-state index contributed by atoms with van der Waals surface area (Å²) in [7, 11) is 0. The second-order valence-electron chi connectivity index (χ2n) is 13.4. The number of aliphatic hydroxyl groups is 4. The maximum atomic E-state index is 12.8. The first-order valence-electron chi connectivity index (χ1n) is 17.8. The Morgan fingerprint density at radius 1 is 0.729 bits per heavy atom. The third kappa shape index (κ3) is 13.3. The Bertz CT molecular complexity index is 1000. The van der Waals surface area contributed by atoms with Crippen LogP contribution in [0.4, 0.5) is 0 Å². The number of carbonyl (C=O) groups is 3. The zero-order valence-corrected chi connectivity index (χ0v) is 28.8. The molecule has 0 aromatic carbocycles. The lowest BCUT2D eigenvalue weighted by Crippen LogP contribution is -2.64. The van der Waals surface area contributed by atoms with Crippen LogP contribution in [-0.2, 0) is 42.8 Å². The first-order valence-corrected chi connectivity index (χ1v) is 17.8. The summed E-state index contributed by atoms with van der Waals surface area (Å²) in [5.41, 5.74) is 0. The van der Waals surface area contributed by atoms with E-state index in [0.29, 0.717) is 6.42 Å². The quantitative estimate of drug-likeness (QED) is 0.192. The van der Waals surface area contributed by atoms with Crippen LogP contribution >= 0.6 is 0 Å². The molecule has 1 saturated carbocycles. The Labute approximate surface area is 284 Å². The van der Waals surface area contributed by atoms with Gasteiger partial charge in [0.25, 0.3) is 0 Å². The van der Waals surface area contributed by atoms with E-state index in [1.807, 2.05) is 6.92 Å². The van der Waals surface area contributed by atoms with Crippen molar-refractivity contribution in [3.8, 4) is 0 Å². The highest BCUT2D eigenvalue weighted by Crippen LogP contribution is 2.35. The van der Waals surface area contributed by atoms with E-state index >= 15 is 0 Å². The second-order valence-corrected chi connectivity index (χ2v) is 13.4. The van der Waals surface area contributed by atoms with Crippen LogP contribution in [0.25, 0.3) is 0 Å². The molecule has 0 radical (unpaired) electrons. The second kappa shape index (κ2) is 21.2. The molecule has 0 amide bonds. The van der Waals surface area contributed by atoms with Gasteiger partial charge in [-0.3, -0.25) is 14.4 Å². The Morgan fingerprint density at radius 2 is 1.31 bits per heavy atom. The molecule has 11 atom stereocenters. The predicted molar refractivity (Wildman–Crippen MR) is 172 cm³/mol. The van der Waals surface area contributed by atoms with E-state index in [9.17, 15) is 34.8 Å². The molecule has 1 aliphatic carbocycles.